The highest BCUT2D eigenvalue weighted by Gasteiger charge is 2.32. The van der Waals surface area contributed by atoms with Crippen LogP contribution in [0.2, 0.25) is 0 Å². The standard InChI is InChI=1S/C10H20N2O4S2/c1-8(17-2)6-11-18(15,16)12-5-3-4-9(7-12)10(13)14/h8-9,11H,3-7H2,1-2H3,(H,13,14). The fourth-order valence-electron chi connectivity index (χ4n) is 1.76. The van der Waals surface area contributed by atoms with Crippen LogP contribution in [-0.2, 0) is 15.0 Å². The second-order valence-electron chi connectivity index (χ2n) is 4.44. The minimum atomic E-state index is -3.55. The van der Waals surface area contributed by atoms with Crippen LogP contribution in [0.1, 0.15) is 19.8 Å². The van der Waals surface area contributed by atoms with Gasteiger partial charge in [0.2, 0.25) is 0 Å². The minimum Gasteiger partial charge on any atom is -0.481 e. The Balaban J connectivity index is 2.59. The van der Waals surface area contributed by atoms with Gasteiger partial charge in [0.05, 0.1) is 5.92 Å². The van der Waals surface area contributed by atoms with Gasteiger partial charge in [-0.1, -0.05) is 6.92 Å². The van der Waals surface area contributed by atoms with Crippen LogP contribution < -0.4 is 4.72 Å². The quantitative estimate of drug-likeness (QED) is 0.739. The molecular weight excluding hydrogens is 276 g/mol. The molecule has 1 aliphatic rings. The molecule has 0 spiro atoms. The van der Waals surface area contributed by atoms with E-state index in [0.29, 0.717) is 25.9 Å². The molecule has 0 aromatic carbocycles. The number of carbonyl (C=O) groups is 1. The zero-order chi connectivity index (χ0) is 13.8. The van der Waals surface area contributed by atoms with Gasteiger partial charge >= 0.3 is 5.97 Å². The Morgan fingerprint density at radius 1 is 1.61 bits per heavy atom. The number of carboxylic acid groups (broad SMARTS) is 1. The molecule has 2 atom stereocenters. The van der Waals surface area contributed by atoms with Gasteiger partial charge in [0.15, 0.2) is 0 Å². The van der Waals surface area contributed by atoms with Gasteiger partial charge in [-0.25, -0.2) is 4.72 Å². The van der Waals surface area contributed by atoms with Crippen molar-refractivity contribution in [3.8, 4) is 0 Å². The Labute approximate surface area is 112 Å². The van der Waals surface area contributed by atoms with Gasteiger partial charge in [-0.2, -0.15) is 24.5 Å². The summed E-state index contributed by atoms with van der Waals surface area (Å²) in [6, 6.07) is 0. The fraction of sp³-hybridized carbons (Fsp3) is 0.900. The van der Waals surface area contributed by atoms with E-state index >= 15 is 0 Å². The maximum Gasteiger partial charge on any atom is 0.307 e. The highest BCUT2D eigenvalue weighted by Crippen LogP contribution is 2.18. The van der Waals surface area contributed by atoms with Gasteiger partial charge in [-0.15, -0.1) is 0 Å². The molecular formula is C10H20N2O4S2. The summed E-state index contributed by atoms with van der Waals surface area (Å²) in [6.07, 6.45) is 3.05. The summed E-state index contributed by atoms with van der Waals surface area (Å²) in [5.74, 6) is -1.51. The number of carboxylic acids is 1. The molecule has 1 aliphatic heterocycles. The van der Waals surface area contributed by atoms with Gasteiger partial charge in [0, 0.05) is 24.9 Å². The van der Waals surface area contributed by atoms with Gasteiger partial charge < -0.3 is 5.11 Å². The molecule has 1 saturated heterocycles. The van der Waals surface area contributed by atoms with Crippen LogP contribution in [-0.4, -0.2) is 54.9 Å². The van der Waals surface area contributed by atoms with E-state index in [9.17, 15) is 13.2 Å². The van der Waals surface area contributed by atoms with Crippen molar-refractivity contribution in [2.75, 3.05) is 25.9 Å². The number of aliphatic carboxylic acids is 1. The first-order valence-corrected chi connectivity index (χ1v) is 8.60. The summed E-state index contributed by atoms with van der Waals surface area (Å²) in [5, 5.41) is 9.13. The maximum atomic E-state index is 12.0. The average Bonchev–Trinajstić information content (AvgIpc) is 2.36. The number of nitrogens with zero attached hydrogens (tertiary/aromatic N) is 1. The summed E-state index contributed by atoms with van der Waals surface area (Å²) >= 11 is 1.58. The maximum absolute atomic E-state index is 12.0. The molecule has 2 unspecified atom stereocenters. The number of piperidine rings is 1. The summed E-state index contributed by atoms with van der Waals surface area (Å²) in [6.45, 7) is 2.76. The van der Waals surface area contributed by atoms with Gasteiger partial charge in [-0.3, -0.25) is 4.79 Å². The van der Waals surface area contributed by atoms with Crippen LogP contribution >= 0.6 is 11.8 Å². The topological polar surface area (TPSA) is 86.7 Å². The molecule has 0 radical (unpaired) electrons. The van der Waals surface area contributed by atoms with Gasteiger partial charge in [0.1, 0.15) is 0 Å². The van der Waals surface area contributed by atoms with Crippen molar-refractivity contribution in [1.82, 2.24) is 9.03 Å². The van der Waals surface area contributed by atoms with Gasteiger partial charge in [0.25, 0.3) is 10.2 Å². The normalized spacial score (nSPS) is 23.8. The lowest BCUT2D eigenvalue weighted by molar-refractivity contribution is -0.142. The lowest BCUT2D eigenvalue weighted by Crippen LogP contribution is -2.48. The lowest BCUT2D eigenvalue weighted by Gasteiger charge is -2.30. The van der Waals surface area contributed by atoms with Crippen LogP contribution in [0.25, 0.3) is 0 Å². The molecule has 0 amide bonds. The largest absolute Gasteiger partial charge is 0.481 e. The van der Waals surface area contributed by atoms with Crippen LogP contribution in [0, 0.1) is 5.92 Å². The third kappa shape index (κ3) is 4.42. The van der Waals surface area contributed by atoms with E-state index in [-0.39, 0.29) is 11.8 Å². The SMILES string of the molecule is CSC(C)CNS(=O)(=O)N1CCCC(C(=O)O)C1. The van der Waals surface area contributed by atoms with E-state index in [0.717, 1.165) is 0 Å². The van der Waals surface area contributed by atoms with Crippen molar-refractivity contribution in [3.05, 3.63) is 0 Å². The first kappa shape index (κ1) is 15.7. The molecule has 8 heteroatoms. The minimum absolute atomic E-state index is 0.0678. The van der Waals surface area contributed by atoms with E-state index in [4.69, 9.17) is 5.11 Å². The van der Waals surface area contributed by atoms with E-state index in [1.807, 2.05) is 13.2 Å². The predicted octanol–water partition coefficient (Wildman–Crippen LogP) is 0.369. The Morgan fingerprint density at radius 3 is 2.83 bits per heavy atom. The second-order valence-corrected chi connectivity index (χ2v) is 7.47. The summed E-state index contributed by atoms with van der Waals surface area (Å²) in [4.78, 5) is 10.9. The number of nitrogens with one attached hydrogen (secondary N) is 1. The van der Waals surface area contributed by atoms with E-state index in [2.05, 4.69) is 4.72 Å². The molecule has 0 aromatic rings. The van der Waals surface area contributed by atoms with Crippen molar-refractivity contribution in [2.45, 2.75) is 25.0 Å². The molecule has 1 rings (SSSR count). The zero-order valence-electron chi connectivity index (χ0n) is 10.6. The molecule has 0 aliphatic carbocycles. The highest BCUT2D eigenvalue weighted by atomic mass is 32.2. The van der Waals surface area contributed by atoms with E-state index in [1.54, 1.807) is 11.8 Å². The van der Waals surface area contributed by atoms with E-state index in [1.165, 1.54) is 4.31 Å². The average molecular weight is 296 g/mol. The van der Waals surface area contributed by atoms with E-state index < -0.39 is 22.1 Å². The molecule has 6 nitrogen and oxygen atoms in total. The highest BCUT2D eigenvalue weighted by molar-refractivity contribution is 7.99. The summed E-state index contributed by atoms with van der Waals surface area (Å²) < 4.78 is 27.7. The van der Waals surface area contributed by atoms with Crippen LogP contribution in [0.4, 0.5) is 0 Å². The third-order valence-corrected chi connectivity index (χ3v) is 5.54. The molecule has 1 fully saturated rings. The number of rotatable bonds is 6. The zero-order valence-corrected chi connectivity index (χ0v) is 12.3. The first-order chi connectivity index (χ1) is 8.36. The van der Waals surface area contributed by atoms with Crippen LogP contribution in [0.5, 0.6) is 0 Å². The molecule has 0 aromatic heterocycles. The molecule has 2 N–H and O–H groups in total. The first-order valence-electron chi connectivity index (χ1n) is 5.87. The van der Waals surface area contributed by atoms with Crippen LogP contribution in [0.3, 0.4) is 0 Å². The van der Waals surface area contributed by atoms with Crippen molar-refractivity contribution >= 4 is 27.9 Å². The van der Waals surface area contributed by atoms with Crippen molar-refractivity contribution in [3.63, 3.8) is 0 Å². The fourth-order valence-corrected chi connectivity index (χ4v) is 3.50. The predicted molar refractivity (Wildman–Crippen MR) is 71.8 cm³/mol. The Kier molecular flexibility index (Phi) is 5.90. The molecule has 106 valence electrons. The molecule has 18 heavy (non-hydrogen) atoms. The van der Waals surface area contributed by atoms with Crippen LogP contribution in [0.15, 0.2) is 0 Å². The van der Waals surface area contributed by atoms with Crippen molar-refractivity contribution in [2.24, 2.45) is 5.92 Å². The Bertz CT molecular complexity index is 385. The Morgan fingerprint density at radius 2 is 2.28 bits per heavy atom. The van der Waals surface area contributed by atoms with Crippen molar-refractivity contribution < 1.29 is 18.3 Å². The lowest BCUT2D eigenvalue weighted by atomic mass is 10.0. The monoisotopic (exact) mass is 296 g/mol. The van der Waals surface area contributed by atoms with Gasteiger partial charge in [-0.05, 0) is 19.1 Å². The molecule has 0 saturated carbocycles. The Hall–Kier alpha value is -0.310. The second kappa shape index (κ2) is 6.74. The summed E-state index contributed by atoms with van der Waals surface area (Å²) in [5.41, 5.74) is 0. The van der Waals surface area contributed by atoms with Crippen molar-refractivity contribution in [1.29, 1.82) is 0 Å². The molecule has 1 heterocycles. The molecule has 0 bridgehead atoms. The number of hydrogen-bond donors (Lipinski definition) is 2. The number of hydrogen-bond acceptors (Lipinski definition) is 4. The number of thioether (sulfide) groups is 1. The smallest absolute Gasteiger partial charge is 0.307 e. The summed E-state index contributed by atoms with van der Waals surface area (Å²) in [7, 11) is -3.55. The third-order valence-electron chi connectivity index (χ3n) is 3.03.